The maximum absolute atomic E-state index is 11.4. The predicted molar refractivity (Wildman–Crippen MR) is 44.7 cm³/mol. The molecule has 2 fully saturated rings. The van der Waals surface area contributed by atoms with Crippen LogP contribution in [0, 0.1) is 5.41 Å². The molecule has 0 unspecified atom stereocenters. The number of hydrogen-bond donors (Lipinski definition) is 0. The minimum absolute atomic E-state index is 0.0144. The Morgan fingerprint density at radius 3 is 2.50 bits per heavy atom. The summed E-state index contributed by atoms with van der Waals surface area (Å²) in [6.07, 6.45) is 2.18. The number of rotatable bonds is 2. The van der Waals surface area contributed by atoms with Gasteiger partial charge < -0.3 is 4.74 Å². The molecule has 1 aliphatic carbocycles. The third kappa shape index (κ3) is 1.33. The molecule has 0 radical (unpaired) electrons. The van der Waals surface area contributed by atoms with Crippen LogP contribution < -0.4 is 0 Å². The van der Waals surface area contributed by atoms with E-state index in [2.05, 4.69) is 4.90 Å². The number of likely N-dealkylation sites (tertiary alicyclic amines) is 1. The van der Waals surface area contributed by atoms with E-state index >= 15 is 0 Å². The molecule has 0 amide bonds. The Hall–Kier alpha value is -0.570. The van der Waals surface area contributed by atoms with Gasteiger partial charge in [-0.25, -0.2) is 0 Å². The lowest BCUT2D eigenvalue weighted by atomic mass is 10.1. The fourth-order valence-corrected chi connectivity index (χ4v) is 1.40. The molecule has 1 saturated heterocycles. The summed E-state index contributed by atoms with van der Waals surface area (Å²) >= 11 is 0. The number of esters is 1. The zero-order valence-electron chi connectivity index (χ0n) is 7.67. The van der Waals surface area contributed by atoms with Crippen LogP contribution in [-0.4, -0.2) is 37.1 Å². The minimum atomic E-state index is -0.117. The van der Waals surface area contributed by atoms with Crippen molar-refractivity contribution < 1.29 is 9.53 Å². The van der Waals surface area contributed by atoms with E-state index in [-0.39, 0.29) is 17.5 Å². The molecule has 0 atom stereocenters. The average Bonchev–Trinajstić information content (AvgIpc) is 2.66. The van der Waals surface area contributed by atoms with Gasteiger partial charge in [-0.05, 0) is 26.8 Å². The van der Waals surface area contributed by atoms with Gasteiger partial charge in [0.05, 0.1) is 5.41 Å². The number of carbonyl (C=O) groups excluding carboxylic acids is 1. The number of nitrogens with zero attached hydrogens (tertiary/aromatic N) is 1. The maximum Gasteiger partial charge on any atom is 0.312 e. The lowest BCUT2D eigenvalue weighted by molar-refractivity contribution is -0.162. The summed E-state index contributed by atoms with van der Waals surface area (Å²) < 4.78 is 5.30. The predicted octanol–water partition coefficient (Wildman–Crippen LogP) is 0.644. The van der Waals surface area contributed by atoms with Gasteiger partial charge in [-0.15, -0.1) is 0 Å². The Labute approximate surface area is 72.7 Å². The maximum atomic E-state index is 11.4. The highest BCUT2D eigenvalue weighted by atomic mass is 16.5. The van der Waals surface area contributed by atoms with Crippen molar-refractivity contribution in [2.45, 2.75) is 25.9 Å². The average molecular weight is 169 g/mol. The van der Waals surface area contributed by atoms with Crippen LogP contribution in [0.15, 0.2) is 0 Å². The molecule has 0 aromatic rings. The van der Waals surface area contributed by atoms with Gasteiger partial charge in [-0.3, -0.25) is 9.69 Å². The van der Waals surface area contributed by atoms with Crippen molar-refractivity contribution in [3.8, 4) is 0 Å². The van der Waals surface area contributed by atoms with E-state index in [9.17, 15) is 4.79 Å². The molecule has 0 spiro atoms. The second-order valence-corrected chi connectivity index (χ2v) is 4.31. The molecule has 1 aliphatic heterocycles. The highest BCUT2D eigenvalue weighted by Crippen LogP contribution is 2.46. The van der Waals surface area contributed by atoms with Gasteiger partial charge in [0.25, 0.3) is 0 Å². The fraction of sp³-hybridized carbons (Fsp3) is 0.889. The molecule has 3 heteroatoms. The first-order valence-corrected chi connectivity index (χ1v) is 4.50. The van der Waals surface area contributed by atoms with Crippen LogP contribution in [0.1, 0.15) is 19.8 Å². The van der Waals surface area contributed by atoms with E-state index in [4.69, 9.17) is 4.74 Å². The van der Waals surface area contributed by atoms with Crippen LogP contribution in [0.2, 0.25) is 0 Å². The molecule has 0 aromatic carbocycles. The van der Waals surface area contributed by atoms with E-state index in [1.807, 2.05) is 14.0 Å². The Morgan fingerprint density at radius 1 is 1.50 bits per heavy atom. The monoisotopic (exact) mass is 169 g/mol. The second-order valence-electron chi connectivity index (χ2n) is 4.31. The molecule has 68 valence electrons. The molecule has 0 bridgehead atoms. The van der Waals surface area contributed by atoms with Gasteiger partial charge in [-0.1, -0.05) is 0 Å². The number of carbonyl (C=O) groups is 1. The third-order valence-electron chi connectivity index (χ3n) is 2.80. The first kappa shape index (κ1) is 8.05. The van der Waals surface area contributed by atoms with E-state index in [0.717, 1.165) is 25.9 Å². The second kappa shape index (κ2) is 2.46. The first-order chi connectivity index (χ1) is 5.60. The molecule has 0 aromatic heterocycles. The third-order valence-corrected chi connectivity index (χ3v) is 2.80. The summed E-state index contributed by atoms with van der Waals surface area (Å²) in [5, 5.41) is 0. The van der Waals surface area contributed by atoms with Crippen molar-refractivity contribution in [2.75, 3.05) is 20.1 Å². The van der Waals surface area contributed by atoms with Crippen molar-refractivity contribution in [2.24, 2.45) is 5.41 Å². The Bertz CT molecular complexity index is 205. The van der Waals surface area contributed by atoms with Crippen molar-refractivity contribution in [1.82, 2.24) is 4.90 Å². The molecule has 2 rings (SSSR count). The van der Waals surface area contributed by atoms with Gasteiger partial charge in [-0.2, -0.15) is 0 Å². The molecule has 0 N–H and O–H groups in total. The van der Waals surface area contributed by atoms with Crippen LogP contribution in [0.5, 0.6) is 0 Å². The number of likely N-dealkylation sites (N-methyl/N-ethyl adjacent to an activating group) is 1. The summed E-state index contributed by atoms with van der Waals surface area (Å²) in [7, 11) is 2.03. The molecule has 3 nitrogen and oxygen atoms in total. The molecule has 1 heterocycles. The normalized spacial score (nSPS) is 27.8. The zero-order valence-corrected chi connectivity index (χ0v) is 7.67. The summed E-state index contributed by atoms with van der Waals surface area (Å²) in [5.41, 5.74) is -0.117. The number of ether oxygens (including phenoxy) is 1. The van der Waals surface area contributed by atoms with Gasteiger partial charge in [0, 0.05) is 13.1 Å². The topological polar surface area (TPSA) is 29.5 Å². The van der Waals surface area contributed by atoms with Crippen LogP contribution in [0.3, 0.4) is 0 Å². The van der Waals surface area contributed by atoms with Crippen molar-refractivity contribution in [1.29, 1.82) is 0 Å². The Kier molecular flexibility index (Phi) is 1.65. The van der Waals surface area contributed by atoms with Gasteiger partial charge in [0.2, 0.25) is 0 Å². The van der Waals surface area contributed by atoms with E-state index in [1.165, 1.54) is 0 Å². The zero-order chi connectivity index (χ0) is 8.77. The first-order valence-electron chi connectivity index (χ1n) is 4.50. The van der Waals surface area contributed by atoms with Crippen molar-refractivity contribution in [3.05, 3.63) is 0 Å². The highest BCUT2D eigenvalue weighted by Gasteiger charge is 2.47. The lowest BCUT2D eigenvalue weighted by Gasteiger charge is -2.35. The minimum Gasteiger partial charge on any atom is -0.459 e. The Balaban J connectivity index is 1.77. The standard InChI is InChI=1S/C9H15NO2/c1-9(3-4-9)8(11)12-7-5-10(2)6-7/h7H,3-6H2,1-2H3. The fourth-order valence-electron chi connectivity index (χ4n) is 1.40. The molecule has 12 heavy (non-hydrogen) atoms. The van der Waals surface area contributed by atoms with Crippen LogP contribution in [-0.2, 0) is 9.53 Å². The molecule has 1 saturated carbocycles. The SMILES string of the molecule is CN1CC(OC(=O)C2(C)CC2)C1. The summed E-state index contributed by atoms with van der Waals surface area (Å²) in [6.45, 7) is 3.79. The summed E-state index contributed by atoms with van der Waals surface area (Å²) in [4.78, 5) is 13.5. The highest BCUT2D eigenvalue weighted by molar-refractivity contribution is 5.79. The van der Waals surface area contributed by atoms with Crippen molar-refractivity contribution in [3.63, 3.8) is 0 Å². The van der Waals surface area contributed by atoms with E-state index < -0.39 is 0 Å². The molecular weight excluding hydrogens is 154 g/mol. The molecular formula is C9H15NO2. The van der Waals surface area contributed by atoms with Gasteiger partial charge in [0.1, 0.15) is 6.10 Å². The largest absolute Gasteiger partial charge is 0.459 e. The lowest BCUT2D eigenvalue weighted by Crippen LogP contribution is -2.51. The number of hydrogen-bond acceptors (Lipinski definition) is 3. The van der Waals surface area contributed by atoms with Crippen LogP contribution in [0.25, 0.3) is 0 Å². The molecule has 2 aliphatic rings. The van der Waals surface area contributed by atoms with Crippen LogP contribution in [0.4, 0.5) is 0 Å². The summed E-state index contributed by atoms with van der Waals surface area (Å²) in [6, 6.07) is 0. The summed E-state index contributed by atoms with van der Waals surface area (Å²) in [5.74, 6) is 0.0144. The Morgan fingerprint density at radius 2 is 2.08 bits per heavy atom. The van der Waals surface area contributed by atoms with Crippen molar-refractivity contribution >= 4 is 5.97 Å². The van der Waals surface area contributed by atoms with Gasteiger partial charge in [0.15, 0.2) is 0 Å². The van der Waals surface area contributed by atoms with Crippen LogP contribution >= 0.6 is 0 Å². The smallest absolute Gasteiger partial charge is 0.312 e. The quantitative estimate of drug-likeness (QED) is 0.568. The van der Waals surface area contributed by atoms with E-state index in [1.54, 1.807) is 0 Å². The van der Waals surface area contributed by atoms with Gasteiger partial charge >= 0.3 is 5.97 Å². The van der Waals surface area contributed by atoms with E-state index in [0.29, 0.717) is 0 Å².